The molecule has 12 heteroatoms. The molecular weight excluding hydrogens is 549 g/mol. The summed E-state index contributed by atoms with van der Waals surface area (Å²) in [5, 5.41) is 5.86. The number of anilines is 3. The van der Waals surface area contributed by atoms with Gasteiger partial charge >= 0.3 is 0 Å². The van der Waals surface area contributed by atoms with E-state index in [2.05, 4.69) is 30.3 Å². The molecule has 1 N–H and O–H groups in total. The van der Waals surface area contributed by atoms with Crippen LogP contribution in [0, 0.1) is 0 Å². The molecule has 3 aromatic rings. The lowest BCUT2D eigenvalue weighted by molar-refractivity contribution is 0.217. The fourth-order valence-electron chi connectivity index (χ4n) is 4.34. The van der Waals surface area contributed by atoms with Gasteiger partial charge in [0.25, 0.3) is 0 Å². The number of aromatic nitrogens is 3. The van der Waals surface area contributed by atoms with Crippen LogP contribution < -0.4 is 24.7 Å². The number of hydrogen-bond donors (Lipinski definition) is 1. The van der Waals surface area contributed by atoms with Gasteiger partial charge in [0.15, 0.2) is 0 Å². The summed E-state index contributed by atoms with van der Waals surface area (Å²) in [6, 6.07) is 10.5. The fourth-order valence-corrected chi connectivity index (χ4v) is 5.03. The predicted octanol–water partition coefficient (Wildman–Crippen LogP) is 5.94. The molecule has 0 amide bonds. The zero-order valence-electron chi connectivity index (χ0n) is 20.7. The van der Waals surface area contributed by atoms with Gasteiger partial charge in [-0.25, -0.2) is 5.43 Å². The van der Waals surface area contributed by atoms with E-state index in [4.69, 9.17) is 49.3 Å². The molecule has 2 saturated heterocycles. The Morgan fingerprint density at radius 1 is 0.789 bits per heavy atom. The van der Waals surface area contributed by atoms with Crippen molar-refractivity contribution in [3.05, 3.63) is 57.0 Å². The number of halogens is 3. The van der Waals surface area contributed by atoms with E-state index in [9.17, 15) is 0 Å². The van der Waals surface area contributed by atoms with Crippen molar-refractivity contribution in [1.82, 2.24) is 15.0 Å². The topological polar surface area (TPSA) is 88.0 Å². The van der Waals surface area contributed by atoms with Gasteiger partial charge in [0.2, 0.25) is 17.8 Å². The van der Waals surface area contributed by atoms with Gasteiger partial charge in [-0.2, -0.15) is 20.1 Å². The summed E-state index contributed by atoms with van der Waals surface area (Å²) in [5.74, 6) is 2.88. The molecule has 2 aromatic carbocycles. The third-order valence-electron chi connectivity index (χ3n) is 6.21. The molecule has 0 aliphatic carbocycles. The van der Waals surface area contributed by atoms with Gasteiger partial charge in [-0.1, -0.05) is 34.8 Å². The Hall–Kier alpha value is -3.01. The van der Waals surface area contributed by atoms with Gasteiger partial charge < -0.3 is 19.3 Å². The van der Waals surface area contributed by atoms with Crippen LogP contribution in [0.4, 0.5) is 17.8 Å². The second kappa shape index (κ2) is 12.7. The first-order valence-electron chi connectivity index (χ1n) is 12.6. The number of hydrogen-bond acceptors (Lipinski definition) is 9. The summed E-state index contributed by atoms with van der Waals surface area (Å²) in [7, 11) is 0. The molecule has 9 nitrogen and oxygen atoms in total. The first-order chi connectivity index (χ1) is 18.5. The number of rotatable bonds is 10. The van der Waals surface area contributed by atoms with Crippen molar-refractivity contribution in [3.8, 4) is 11.5 Å². The van der Waals surface area contributed by atoms with Crippen LogP contribution >= 0.6 is 34.8 Å². The summed E-state index contributed by atoms with van der Waals surface area (Å²) >= 11 is 18.6. The number of nitrogens with one attached hydrogen (secondary N) is 1. The quantitative estimate of drug-likeness (QED) is 0.180. The van der Waals surface area contributed by atoms with Gasteiger partial charge in [-0.15, -0.1) is 0 Å². The first kappa shape index (κ1) is 26.6. The van der Waals surface area contributed by atoms with Crippen molar-refractivity contribution < 1.29 is 9.47 Å². The number of benzene rings is 2. The van der Waals surface area contributed by atoms with Crippen LogP contribution in [0.3, 0.4) is 0 Å². The average Bonchev–Trinajstić information content (AvgIpc) is 3.64. The highest BCUT2D eigenvalue weighted by Gasteiger charge is 2.21. The van der Waals surface area contributed by atoms with E-state index in [1.54, 1.807) is 42.6 Å². The molecule has 2 aliphatic rings. The molecule has 0 atom stereocenters. The minimum Gasteiger partial charge on any atom is -0.490 e. The molecule has 1 aromatic heterocycles. The lowest BCUT2D eigenvalue weighted by Gasteiger charge is -2.20. The predicted molar refractivity (Wildman–Crippen MR) is 153 cm³/mol. The first-order valence-corrected chi connectivity index (χ1v) is 13.7. The van der Waals surface area contributed by atoms with E-state index in [1.807, 2.05) is 0 Å². The summed E-state index contributed by atoms with van der Waals surface area (Å²) in [4.78, 5) is 18.3. The van der Waals surface area contributed by atoms with E-state index >= 15 is 0 Å². The molecular formula is C26H28Cl3N7O2. The zero-order chi connectivity index (χ0) is 26.3. The Labute approximate surface area is 236 Å². The molecule has 0 unspecified atom stereocenters. The molecule has 0 radical (unpaired) electrons. The van der Waals surface area contributed by atoms with Crippen molar-refractivity contribution in [3.63, 3.8) is 0 Å². The van der Waals surface area contributed by atoms with Crippen molar-refractivity contribution in [2.45, 2.75) is 25.7 Å². The monoisotopic (exact) mass is 575 g/mol. The highest BCUT2D eigenvalue weighted by Crippen LogP contribution is 2.32. The van der Waals surface area contributed by atoms with Crippen LogP contribution in [0.5, 0.6) is 11.5 Å². The Morgan fingerprint density at radius 3 is 2.03 bits per heavy atom. The summed E-state index contributed by atoms with van der Waals surface area (Å²) < 4.78 is 11.6. The largest absolute Gasteiger partial charge is 0.490 e. The van der Waals surface area contributed by atoms with Crippen molar-refractivity contribution in [1.29, 1.82) is 0 Å². The summed E-state index contributed by atoms with van der Waals surface area (Å²) in [5.41, 5.74) is 3.56. The molecule has 5 rings (SSSR count). The maximum Gasteiger partial charge on any atom is 0.250 e. The molecule has 3 heterocycles. The van der Waals surface area contributed by atoms with Crippen LogP contribution in [0.25, 0.3) is 0 Å². The molecule has 0 spiro atoms. The van der Waals surface area contributed by atoms with Gasteiger partial charge in [0, 0.05) is 41.8 Å². The molecule has 2 aliphatic heterocycles. The van der Waals surface area contributed by atoms with Crippen molar-refractivity contribution >= 4 is 58.9 Å². The third-order valence-corrected chi connectivity index (χ3v) is 6.96. The van der Waals surface area contributed by atoms with Crippen molar-refractivity contribution in [2.24, 2.45) is 5.10 Å². The molecule has 38 heavy (non-hydrogen) atoms. The van der Waals surface area contributed by atoms with Gasteiger partial charge in [0.1, 0.15) is 24.7 Å². The van der Waals surface area contributed by atoms with E-state index < -0.39 is 0 Å². The van der Waals surface area contributed by atoms with Gasteiger partial charge in [-0.05, 0) is 62.1 Å². The summed E-state index contributed by atoms with van der Waals surface area (Å²) in [6.07, 6.45) is 6.12. The second-order valence-corrected chi connectivity index (χ2v) is 10.3. The van der Waals surface area contributed by atoms with Crippen LogP contribution in [0.15, 0.2) is 41.5 Å². The Morgan fingerprint density at radius 2 is 1.39 bits per heavy atom. The van der Waals surface area contributed by atoms with E-state index in [1.165, 1.54) is 0 Å². The van der Waals surface area contributed by atoms with Crippen LogP contribution in [-0.4, -0.2) is 60.6 Å². The maximum atomic E-state index is 6.44. The molecule has 0 bridgehead atoms. The SMILES string of the molecule is Clc1ccc(OCCOc2c(Cl)cc(Cl)cc2/C=N\Nc2nc(N3CCCC3)nc(N3CCCC3)n2)cc1. The van der Waals surface area contributed by atoms with Crippen LogP contribution in [0.2, 0.25) is 15.1 Å². The average molecular weight is 577 g/mol. The van der Waals surface area contributed by atoms with Crippen LogP contribution in [0.1, 0.15) is 31.2 Å². The molecule has 200 valence electrons. The second-order valence-electron chi connectivity index (χ2n) is 8.97. The minimum atomic E-state index is 0.268. The Kier molecular flexibility index (Phi) is 8.88. The number of ether oxygens (including phenoxy) is 2. The lowest BCUT2D eigenvalue weighted by Crippen LogP contribution is -2.25. The lowest BCUT2D eigenvalue weighted by atomic mass is 10.2. The Bertz CT molecular complexity index is 1230. The molecule has 0 saturated carbocycles. The highest BCUT2D eigenvalue weighted by atomic mass is 35.5. The Balaban J connectivity index is 1.27. The fraction of sp³-hybridized carbons (Fsp3) is 0.385. The maximum absolute atomic E-state index is 6.44. The van der Waals surface area contributed by atoms with E-state index in [-0.39, 0.29) is 6.61 Å². The van der Waals surface area contributed by atoms with Gasteiger partial charge in [0.05, 0.1) is 11.2 Å². The number of nitrogens with zero attached hydrogens (tertiary/aromatic N) is 6. The van der Waals surface area contributed by atoms with Crippen molar-refractivity contribution in [2.75, 3.05) is 54.6 Å². The minimum absolute atomic E-state index is 0.268. The standard InChI is InChI=1S/C26H28Cl3N7O2/c27-19-5-7-21(8-6-19)37-13-14-38-23-18(15-20(28)16-22(23)29)17-30-34-24-31-25(35-9-1-2-10-35)33-26(32-24)36-11-3-4-12-36/h5-8,15-17H,1-4,9-14H2,(H,31,32,33,34)/b30-17-. The third kappa shape index (κ3) is 6.89. The molecule has 2 fully saturated rings. The highest BCUT2D eigenvalue weighted by molar-refractivity contribution is 6.36. The smallest absolute Gasteiger partial charge is 0.250 e. The van der Waals surface area contributed by atoms with E-state index in [0.29, 0.717) is 56.6 Å². The summed E-state index contributed by atoms with van der Waals surface area (Å²) in [6.45, 7) is 4.35. The zero-order valence-corrected chi connectivity index (χ0v) is 23.0. The van der Waals surface area contributed by atoms with Gasteiger partial charge in [-0.3, -0.25) is 0 Å². The van der Waals surface area contributed by atoms with Crippen LogP contribution in [-0.2, 0) is 0 Å². The number of hydrazone groups is 1. The van der Waals surface area contributed by atoms with E-state index in [0.717, 1.165) is 51.9 Å². The normalized spacial score (nSPS) is 15.4.